The van der Waals surface area contributed by atoms with Crippen LogP contribution in [0.1, 0.15) is 44.2 Å². The van der Waals surface area contributed by atoms with Crippen molar-refractivity contribution in [2.75, 3.05) is 11.1 Å². The number of aromatic nitrogens is 1. The Kier molecular flexibility index (Phi) is 2.47. The monoisotopic (exact) mass is 268 g/mol. The van der Waals surface area contributed by atoms with Gasteiger partial charge >= 0.3 is 0 Å². The molecule has 0 atom stereocenters. The molecule has 3 N–H and O–H groups in total. The van der Waals surface area contributed by atoms with Crippen LogP contribution in [0.2, 0.25) is 0 Å². The van der Waals surface area contributed by atoms with Gasteiger partial charge in [-0.3, -0.25) is 0 Å². The van der Waals surface area contributed by atoms with Crippen molar-refractivity contribution in [1.29, 1.82) is 5.26 Å². The summed E-state index contributed by atoms with van der Waals surface area (Å²) < 4.78 is 0. The maximum Gasteiger partial charge on any atom is 0.165 e. The number of hydrogen-bond donors (Lipinski definition) is 2. The van der Waals surface area contributed by atoms with Crippen LogP contribution in [-0.4, -0.2) is 10.5 Å². The standard InChI is InChI=1S/C16H20N4/c17-9-14-13(18)1-2-15(19-14)20-16-6-10-3-11(7-16)5-12(4-10)8-16/h1-2,10-12H,3-8,18H2,(H,19,20). The van der Waals surface area contributed by atoms with E-state index in [0.29, 0.717) is 11.4 Å². The van der Waals surface area contributed by atoms with Gasteiger partial charge < -0.3 is 11.1 Å². The smallest absolute Gasteiger partial charge is 0.165 e. The van der Waals surface area contributed by atoms with E-state index in [-0.39, 0.29) is 5.54 Å². The highest BCUT2D eigenvalue weighted by molar-refractivity contribution is 5.55. The Labute approximate surface area is 119 Å². The molecule has 5 rings (SSSR count). The topological polar surface area (TPSA) is 74.7 Å². The first-order chi connectivity index (χ1) is 9.66. The van der Waals surface area contributed by atoms with Crippen LogP contribution in [0.5, 0.6) is 0 Å². The van der Waals surface area contributed by atoms with E-state index in [4.69, 9.17) is 11.0 Å². The molecule has 0 spiro atoms. The molecule has 1 heterocycles. The number of anilines is 2. The molecule has 0 radical (unpaired) electrons. The van der Waals surface area contributed by atoms with Crippen molar-refractivity contribution >= 4 is 11.5 Å². The number of nitriles is 1. The molecule has 0 saturated heterocycles. The first-order valence-corrected chi connectivity index (χ1v) is 7.61. The van der Waals surface area contributed by atoms with Gasteiger partial charge in [-0.2, -0.15) is 5.26 Å². The van der Waals surface area contributed by atoms with Crippen LogP contribution in [0.4, 0.5) is 11.5 Å². The summed E-state index contributed by atoms with van der Waals surface area (Å²) >= 11 is 0. The van der Waals surface area contributed by atoms with E-state index in [1.54, 1.807) is 6.07 Å². The SMILES string of the molecule is N#Cc1nc(NC23CC4CC(CC(C4)C2)C3)ccc1N. The van der Waals surface area contributed by atoms with Gasteiger partial charge in [-0.05, 0) is 68.4 Å². The van der Waals surface area contributed by atoms with E-state index in [9.17, 15) is 0 Å². The van der Waals surface area contributed by atoms with Crippen molar-refractivity contribution in [2.24, 2.45) is 17.8 Å². The van der Waals surface area contributed by atoms with Gasteiger partial charge in [0.15, 0.2) is 5.69 Å². The molecule has 4 fully saturated rings. The van der Waals surface area contributed by atoms with Crippen molar-refractivity contribution in [3.8, 4) is 6.07 Å². The number of pyridine rings is 1. The van der Waals surface area contributed by atoms with Gasteiger partial charge in [-0.1, -0.05) is 0 Å². The largest absolute Gasteiger partial charge is 0.396 e. The number of rotatable bonds is 2. The van der Waals surface area contributed by atoms with Crippen LogP contribution in [-0.2, 0) is 0 Å². The molecule has 0 unspecified atom stereocenters. The minimum atomic E-state index is 0.227. The Morgan fingerprint density at radius 3 is 2.30 bits per heavy atom. The van der Waals surface area contributed by atoms with Gasteiger partial charge in [0.2, 0.25) is 0 Å². The van der Waals surface area contributed by atoms with Gasteiger partial charge in [0.25, 0.3) is 0 Å². The van der Waals surface area contributed by atoms with Crippen LogP contribution < -0.4 is 11.1 Å². The van der Waals surface area contributed by atoms with E-state index >= 15 is 0 Å². The zero-order valence-electron chi connectivity index (χ0n) is 11.6. The summed E-state index contributed by atoms with van der Waals surface area (Å²) in [6.07, 6.45) is 8.10. The van der Waals surface area contributed by atoms with E-state index < -0.39 is 0 Å². The van der Waals surface area contributed by atoms with Gasteiger partial charge in [-0.25, -0.2) is 4.98 Å². The van der Waals surface area contributed by atoms with E-state index in [2.05, 4.69) is 16.4 Å². The van der Waals surface area contributed by atoms with E-state index in [1.165, 1.54) is 38.5 Å². The summed E-state index contributed by atoms with van der Waals surface area (Å²) in [5, 5.41) is 12.7. The molecule has 0 amide bonds. The lowest BCUT2D eigenvalue weighted by molar-refractivity contribution is 0.0105. The number of nitrogens with two attached hydrogens (primary N) is 1. The second-order valence-electron chi connectivity index (χ2n) is 7.07. The molecule has 4 nitrogen and oxygen atoms in total. The Morgan fingerprint density at radius 2 is 1.75 bits per heavy atom. The summed E-state index contributed by atoms with van der Waals surface area (Å²) in [6.45, 7) is 0. The van der Waals surface area contributed by atoms with Crippen LogP contribution in [0.15, 0.2) is 12.1 Å². The van der Waals surface area contributed by atoms with Crippen molar-refractivity contribution in [2.45, 2.75) is 44.1 Å². The Bertz CT molecular complexity index is 551. The lowest BCUT2D eigenvalue weighted by Crippen LogP contribution is -2.54. The molecule has 0 aliphatic heterocycles. The summed E-state index contributed by atoms with van der Waals surface area (Å²) in [5.74, 6) is 3.52. The fourth-order valence-corrected chi connectivity index (χ4v) is 5.16. The van der Waals surface area contributed by atoms with Crippen molar-refractivity contribution in [3.63, 3.8) is 0 Å². The molecule has 20 heavy (non-hydrogen) atoms. The molecule has 4 aliphatic carbocycles. The fourth-order valence-electron chi connectivity index (χ4n) is 5.16. The maximum atomic E-state index is 9.05. The molecule has 4 aliphatic rings. The Morgan fingerprint density at radius 1 is 1.15 bits per heavy atom. The van der Waals surface area contributed by atoms with Crippen LogP contribution in [0.3, 0.4) is 0 Å². The van der Waals surface area contributed by atoms with Gasteiger partial charge in [0, 0.05) is 5.54 Å². The fraction of sp³-hybridized carbons (Fsp3) is 0.625. The van der Waals surface area contributed by atoms with Gasteiger partial charge in [0.05, 0.1) is 5.69 Å². The minimum absolute atomic E-state index is 0.227. The lowest BCUT2D eigenvalue weighted by atomic mass is 9.53. The third kappa shape index (κ3) is 1.84. The molecule has 1 aromatic heterocycles. The average molecular weight is 268 g/mol. The lowest BCUT2D eigenvalue weighted by Gasteiger charge is -2.57. The third-order valence-corrected chi connectivity index (χ3v) is 5.46. The number of hydrogen-bond acceptors (Lipinski definition) is 4. The molecule has 4 heteroatoms. The minimum Gasteiger partial charge on any atom is -0.396 e. The van der Waals surface area contributed by atoms with Gasteiger partial charge in [-0.15, -0.1) is 0 Å². The third-order valence-electron chi connectivity index (χ3n) is 5.46. The maximum absolute atomic E-state index is 9.05. The van der Waals surface area contributed by atoms with Crippen molar-refractivity contribution in [3.05, 3.63) is 17.8 Å². The van der Waals surface area contributed by atoms with Crippen LogP contribution >= 0.6 is 0 Å². The molecular weight excluding hydrogens is 248 g/mol. The quantitative estimate of drug-likeness (QED) is 0.864. The van der Waals surface area contributed by atoms with E-state index in [0.717, 1.165) is 23.6 Å². The molecule has 0 aromatic carbocycles. The number of nitrogen functional groups attached to an aromatic ring is 1. The highest BCUT2D eigenvalue weighted by atomic mass is 15.1. The second-order valence-corrected chi connectivity index (χ2v) is 7.07. The van der Waals surface area contributed by atoms with Gasteiger partial charge in [0.1, 0.15) is 11.9 Å². The predicted octanol–water partition coefficient (Wildman–Crippen LogP) is 2.92. The Balaban J connectivity index is 1.61. The van der Waals surface area contributed by atoms with Crippen molar-refractivity contribution in [1.82, 2.24) is 4.98 Å². The normalized spacial score (nSPS) is 37.6. The first kappa shape index (κ1) is 12.0. The van der Waals surface area contributed by atoms with E-state index in [1.807, 2.05) is 6.07 Å². The predicted molar refractivity (Wildman–Crippen MR) is 77.9 cm³/mol. The number of nitrogens with one attached hydrogen (secondary N) is 1. The summed E-state index contributed by atoms with van der Waals surface area (Å²) in [4.78, 5) is 4.37. The summed E-state index contributed by atoms with van der Waals surface area (Å²) in [6, 6.07) is 5.77. The van der Waals surface area contributed by atoms with Crippen LogP contribution in [0, 0.1) is 29.1 Å². The molecular formula is C16H20N4. The molecule has 1 aromatic rings. The highest BCUT2D eigenvalue weighted by Gasteiger charge is 2.51. The Hall–Kier alpha value is -1.76. The first-order valence-electron chi connectivity index (χ1n) is 7.61. The summed E-state index contributed by atoms with van der Waals surface area (Å²) in [7, 11) is 0. The average Bonchev–Trinajstić information content (AvgIpc) is 2.39. The highest BCUT2D eigenvalue weighted by Crippen LogP contribution is 2.56. The van der Waals surface area contributed by atoms with Crippen molar-refractivity contribution < 1.29 is 0 Å². The van der Waals surface area contributed by atoms with Crippen LogP contribution in [0.25, 0.3) is 0 Å². The summed E-state index contributed by atoms with van der Waals surface area (Å²) in [5.41, 5.74) is 6.77. The molecule has 4 saturated carbocycles. The molecule has 4 bridgehead atoms. The number of nitrogens with zero attached hydrogens (tertiary/aromatic N) is 2. The molecule has 104 valence electrons. The zero-order chi connectivity index (χ0) is 13.7. The second kappa shape index (κ2) is 4.12. The zero-order valence-corrected chi connectivity index (χ0v) is 11.6.